The number of fused-ring (bicyclic) bond motifs is 3. The molecule has 0 radical (unpaired) electrons. The van der Waals surface area contributed by atoms with E-state index in [-0.39, 0.29) is 29.9 Å². The van der Waals surface area contributed by atoms with Crippen LogP contribution < -0.4 is 15.2 Å². The van der Waals surface area contributed by atoms with Crippen molar-refractivity contribution in [2.45, 2.75) is 69.4 Å². The van der Waals surface area contributed by atoms with Crippen molar-refractivity contribution >= 4 is 11.6 Å². The molecule has 5 rings (SSSR count). The number of carbonyl (C=O) groups is 1. The second-order valence-corrected chi connectivity index (χ2v) is 10.6. The van der Waals surface area contributed by atoms with Crippen LogP contribution in [0.15, 0.2) is 41.4 Å². The van der Waals surface area contributed by atoms with Crippen LogP contribution in [-0.4, -0.2) is 67.1 Å². The molecule has 2 fully saturated rings. The number of carbonyl (C=O) groups excluding carboxylic acids is 1. The molecule has 3 N–H and O–H groups in total. The molecule has 198 valence electrons. The lowest BCUT2D eigenvalue weighted by atomic mass is 9.74. The highest BCUT2D eigenvalue weighted by atomic mass is 16.5. The van der Waals surface area contributed by atoms with Crippen LogP contribution in [0.25, 0.3) is 0 Å². The lowest BCUT2D eigenvalue weighted by molar-refractivity contribution is -0.119. The van der Waals surface area contributed by atoms with Crippen molar-refractivity contribution in [2.75, 3.05) is 33.4 Å². The van der Waals surface area contributed by atoms with Gasteiger partial charge in [0.1, 0.15) is 0 Å². The Morgan fingerprint density at radius 2 is 1.89 bits per heavy atom. The molecule has 2 aliphatic heterocycles. The van der Waals surface area contributed by atoms with Crippen molar-refractivity contribution in [3.63, 3.8) is 0 Å². The summed E-state index contributed by atoms with van der Waals surface area (Å²) in [6.07, 6.45) is 5.61. The fourth-order valence-corrected chi connectivity index (χ4v) is 6.24. The second kappa shape index (κ2) is 11.2. The Balaban J connectivity index is 1.49. The van der Waals surface area contributed by atoms with Gasteiger partial charge in [0, 0.05) is 23.6 Å². The maximum Gasteiger partial charge on any atom is 0.226 e. The molecule has 1 saturated carbocycles. The smallest absolute Gasteiger partial charge is 0.226 e. The number of primary amides is 1. The predicted octanol–water partition coefficient (Wildman–Crippen LogP) is 4.00. The van der Waals surface area contributed by atoms with Gasteiger partial charge in [-0.25, -0.2) is 0 Å². The molecule has 37 heavy (non-hydrogen) atoms. The van der Waals surface area contributed by atoms with Gasteiger partial charge < -0.3 is 25.2 Å². The van der Waals surface area contributed by atoms with Crippen molar-refractivity contribution in [3.05, 3.63) is 58.7 Å². The maximum atomic E-state index is 12.4. The average Bonchev–Trinajstić information content (AvgIpc) is 2.92. The first-order chi connectivity index (χ1) is 18.0. The van der Waals surface area contributed by atoms with Crippen molar-refractivity contribution in [3.8, 4) is 11.5 Å². The van der Waals surface area contributed by atoms with Gasteiger partial charge >= 0.3 is 0 Å². The van der Waals surface area contributed by atoms with Gasteiger partial charge in [0.2, 0.25) is 5.91 Å². The first-order valence-corrected chi connectivity index (χ1v) is 13.7. The van der Waals surface area contributed by atoms with E-state index in [0.29, 0.717) is 25.3 Å². The number of aliphatic hydroxyl groups excluding tert-OH is 1. The Morgan fingerprint density at radius 1 is 1.14 bits per heavy atom. The van der Waals surface area contributed by atoms with Crippen molar-refractivity contribution in [2.24, 2.45) is 10.7 Å². The molecule has 7 heteroatoms. The van der Waals surface area contributed by atoms with E-state index in [2.05, 4.69) is 23.1 Å². The molecule has 2 heterocycles. The Kier molecular flexibility index (Phi) is 7.81. The highest BCUT2D eigenvalue weighted by molar-refractivity contribution is 6.15. The van der Waals surface area contributed by atoms with Crippen LogP contribution in [0.3, 0.4) is 0 Å². The summed E-state index contributed by atoms with van der Waals surface area (Å²) in [7, 11) is 1.65. The fourth-order valence-electron chi connectivity index (χ4n) is 6.24. The van der Waals surface area contributed by atoms with Crippen LogP contribution in [0.1, 0.15) is 79.5 Å². The molecule has 4 atom stereocenters. The normalized spacial score (nSPS) is 24.4. The number of methoxy groups -OCH3 is 1. The Labute approximate surface area is 219 Å². The second-order valence-electron chi connectivity index (χ2n) is 10.6. The first kappa shape index (κ1) is 25.7. The SMILES string of the molecule is CCOc1cc2c(cc1OC)C(c1ccc(C(CN3CCCCC3)C(N)=O)cc1)=NC1CCC(O)CC21. The van der Waals surface area contributed by atoms with Gasteiger partial charge in [-0.3, -0.25) is 9.79 Å². The standard InChI is InChI=1S/C30H39N3O4/c1-3-37-28-16-22-23-15-21(34)11-12-26(23)32-29(24(22)17-27(28)36-2)20-9-7-19(8-10-20)25(30(31)35)18-33-13-5-4-6-14-33/h7-10,16-17,21,23,25-26,34H,3-6,11-15,18H2,1-2H3,(H2,31,35). The van der Waals surface area contributed by atoms with Gasteiger partial charge in [0.05, 0.1) is 37.5 Å². The molecule has 0 aromatic heterocycles. The minimum absolute atomic E-state index is 0.117. The first-order valence-electron chi connectivity index (χ1n) is 13.7. The summed E-state index contributed by atoms with van der Waals surface area (Å²) in [5.41, 5.74) is 10.9. The van der Waals surface area contributed by atoms with Crippen molar-refractivity contribution in [1.82, 2.24) is 4.90 Å². The lowest BCUT2D eigenvalue weighted by Crippen LogP contribution is -2.37. The molecule has 7 nitrogen and oxygen atoms in total. The van der Waals surface area contributed by atoms with E-state index in [1.807, 2.05) is 25.1 Å². The van der Waals surface area contributed by atoms with E-state index in [1.165, 1.54) is 19.3 Å². The van der Waals surface area contributed by atoms with Crippen molar-refractivity contribution < 1.29 is 19.4 Å². The summed E-state index contributed by atoms with van der Waals surface area (Å²) in [4.78, 5) is 20.0. The number of ether oxygens (including phenoxy) is 2. The maximum absolute atomic E-state index is 12.4. The number of benzene rings is 2. The van der Waals surface area contributed by atoms with Crippen LogP contribution in [-0.2, 0) is 4.79 Å². The van der Waals surface area contributed by atoms with Gasteiger partial charge in [-0.05, 0) is 75.4 Å². The van der Waals surface area contributed by atoms with Gasteiger partial charge in [-0.1, -0.05) is 30.7 Å². The summed E-state index contributed by atoms with van der Waals surface area (Å²) in [5, 5.41) is 10.4. The molecule has 1 aliphatic carbocycles. The zero-order valence-corrected chi connectivity index (χ0v) is 22.0. The number of nitrogens with zero attached hydrogens (tertiary/aromatic N) is 2. The number of hydrogen-bond donors (Lipinski definition) is 2. The van der Waals surface area contributed by atoms with Gasteiger partial charge in [-0.15, -0.1) is 0 Å². The molecule has 0 spiro atoms. The molecule has 1 amide bonds. The third-order valence-corrected chi connectivity index (χ3v) is 8.19. The number of aliphatic hydroxyl groups is 1. The van der Waals surface area contributed by atoms with Crippen LogP contribution in [0, 0.1) is 0 Å². The molecule has 2 aromatic carbocycles. The highest BCUT2D eigenvalue weighted by Crippen LogP contribution is 2.45. The van der Waals surface area contributed by atoms with Crippen LogP contribution >= 0.6 is 0 Å². The summed E-state index contributed by atoms with van der Waals surface area (Å²) < 4.78 is 11.6. The van der Waals surface area contributed by atoms with Crippen LogP contribution in [0.4, 0.5) is 0 Å². The summed E-state index contributed by atoms with van der Waals surface area (Å²) in [6, 6.07) is 12.4. The monoisotopic (exact) mass is 505 g/mol. The topological polar surface area (TPSA) is 97.4 Å². The van der Waals surface area contributed by atoms with Gasteiger partial charge in [0.15, 0.2) is 11.5 Å². The number of aliphatic imine (C=N–C) groups is 1. The minimum atomic E-state index is -0.328. The molecule has 3 aliphatic rings. The predicted molar refractivity (Wildman–Crippen MR) is 145 cm³/mol. The molecule has 2 aromatic rings. The van der Waals surface area contributed by atoms with E-state index in [0.717, 1.165) is 59.6 Å². The van der Waals surface area contributed by atoms with Crippen molar-refractivity contribution in [1.29, 1.82) is 0 Å². The van der Waals surface area contributed by atoms with E-state index >= 15 is 0 Å². The number of rotatable bonds is 8. The van der Waals surface area contributed by atoms with E-state index in [9.17, 15) is 9.90 Å². The Hall–Kier alpha value is -2.90. The van der Waals surface area contributed by atoms with E-state index < -0.39 is 0 Å². The molecule has 1 saturated heterocycles. The summed E-state index contributed by atoms with van der Waals surface area (Å²) in [6.45, 7) is 5.23. The number of piperidine rings is 1. The molecular formula is C30H39N3O4. The number of hydrogen-bond acceptors (Lipinski definition) is 6. The summed E-state index contributed by atoms with van der Waals surface area (Å²) >= 11 is 0. The largest absolute Gasteiger partial charge is 0.493 e. The zero-order valence-electron chi connectivity index (χ0n) is 22.0. The van der Waals surface area contributed by atoms with Crippen LogP contribution in [0.5, 0.6) is 11.5 Å². The number of likely N-dealkylation sites (tertiary alicyclic amines) is 1. The van der Waals surface area contributed by atoms with Crippen LogP contribution in [0.2, 0.25) is 0 Å². The molecule has 0 bridgehead atoms. The highest BCUT2D eigenvalue weighted by Gasteiger charge is 2.37. The summed E-state index contributed by atoms with van der Waals surface area (Å²) in [5.74, 6) is 0.938. The quantitative estimate of drug-likeness (QED) is 0.565. The molecule has 4 unspecified atom stereocenters. The third kappa shape index (κ3) is 5.39. The minimum Gasteiger partial charge on any atom is -0.493 e. The Bertz CT molecular complexity index is 1140. The average molecular weight is 506 g/mol. The Morgan fingerprint density at radius 3 is 2.57 bits per heavy atom. The molecular weight excluding hydrogens is 466 g/mol. The van der Waals surface area contributed by atoms with Gasteiger partial charge in [-0.2, -0.15) is 0 Å². The number of amides is 1. The lowest BCUT2D eigenvalue weighted by Gasteiger charge is -2.37. The fraction of sp³-hybridized carbons (Fsp3) is 0.533. The van der Waals surface area contributed by atoms with E-state index in [4.69, 9.17) is 20.2 Å². The number of nitrogens with two attached hydrogens (primary N) is 1. The zero-order chi connectivity index (χ0) is 25.9. The van der Waals surface area contributed by atoms with E-state index in [1.54, 1.807) is 7.11 Å². The third-order valence-electron chi connectivity index (χ3n) is 8.19. The van der Waals surface area contributed by atoms with Gasteiger partial charge in [0.25, 0.3) is 0 Å².